The minimum atomic E-state index is -0.584. The lowest BCUT2D eigenvalue weighted by atomic mass is 10.2. The number of rotatable bonds is 3. The van der Waals surface area contributed by atoms with E-state index in [1.165, 1.54) is 0 Å². The summed E-state index contributed by atoms with van der Waals surface area (Å²) in [6, 6.07) is 0.106. The fraction of sp³-hybridized carbons (Fsp3) is 0.857. The van der Waals surface area contributed by atoms with Crippen molar-refractivity contribution in [3.8, 4) is 0 Å². The summed E-state index contributed by atoms with van der Waals surface area (Å²) < 4.78 is 16.7. The van der Waals surface area contributed by atoms with Gasteiger partial charge in [-0.25, -0.2) is 0 Å². The molecule has 0 aromatic carbocycles. The highest BCUT2D eigenvalue weighted by molar-refractivity contribution is 5.76. The fourth-order valence-corrected chi connectivity index (χ4v) is 1.03. The first-order chi connectivity index (χ1) is 5.33. The normalized spacial score (nSPS) is 23.5. The van der Waals surface area contributed by atoms with Gasteiger partial charge in [0.05, 0.1) is 25.7 Å². The molecule has 0 spiro atoms. The van der Waals surface area contributed by atoms with Crippen LogP contribution in [-0.4, -0.2) is 31.8 Å². The lowest BCUT2D eigenvalue weighted by Gasteiger charge is -2.08. The van der Waals surface area contributed by atoms with Crippen LogP contribution < -0.4 is 5.32 Å². The average molecular weight is 161 g/mol. The zero-order chi connectivity index (χ0) is 8.10. The zero-order valence-electron chi connectivity index (χ0n) is 6.31. The van der Waals surface area contributed by atoms with Crippen molar-refractivity contribution in [1.82, 2.24) is 5.32 Å². The number of carbonyl (C=O) groups is 1. The summed E-state index contributed by atoms with van der Waals surface area (Å²) in [4.78, 5) is 10.8. The summed E-state index contributed by atoms with van der Waals surface area (Å²) in [5.74, 6) is -0.219. The van der Waals surface area contributed by atoms with Crippen molar-refractivity contribution >= 4 is 5.91 Å². The van der Waals surface area contributed by atoms with E-state index < -0.39 is 6.67 Å². The molecule has 0 aromatic heterocycles. The molecule has 1 aliphatic heterocycles. The van der Waals surface area contributed by atoms with Gasteiger partial charge >= 0.3 is 0 Å². The second-order valence-corrected chi connectivity index (χ2v) is 2.57. The first-order valence-corrected chi connectivity index (χ1v) is 3.76. The Hall–Kier alpha value is -0.640. The second kappa shape index (κ2) is 4.28. The topological polar surface area (TPSA) is 38.3 Å². The van der Waals surface area contributed by atoms with E-state index in [1.54, 1.807) is 0 Å². The van der Waals surface area contributed by atoms with Crippen LogP contribution >= 0.6 is 0 Å². The van der Waals surface area contributed by atoms with Crippen LogP contribution in [0.2, 0.25) is 0 Å². The first kappa shape index (κ1) is 8.46. The third-order valence-electron chi connectivity index (χ3n) is 1.62. The summed E-state index contributed by atoms with van der Waals surface area (Å²) in [6.45, 7) is 0.679. The van der Waals surface area contributed by atoms with Crippen LogP contribution in [0.15, 0.2) is 0 Å². The van der Waals surface area contributed by atoms with E-state index in [0.29, 0.717) is 13.2 Å². The van der Waals surface area contributed by atoms with Gasteiger partial charge in [0, 0.05) is 6.61 Å². The molecule has 1 aliphatic rings. The molecule has 64 valence electrons. The fourth-order valence-electron chi connectivity index (χ4n) is 1.03. The maximum absolute atomic E-state index is 11.6. The lowest BCUT2D eigenvalue weighted by Crippen LogP contribution is -2.35. The minimum absolute atomic E-state index is 0.0312. The smallest absolute Gasteiger partial charge is 0.222 e. The molecule has 0 saturated carbocycles. The third-order valence-corrected chi connectivity index (χ3v) is 1.62. The van der Waals surface area contributed by atoms with Crippen LogP contribution in [0.25, 0.3) is 0 Å². The maximum atomic E-state index is 11.6. The molecule has 0 radical (unpaired) electrons. The van der Waals surface area contributed by atoms with Crippen LogP contribution in [0.5, 0.6) is 0 Å². The van der Waals surface area contributed by atoms with Gasteiger partial charge in [0.1, 0.15) is 0 Å². The molecule has 1 N–H and O–H groups in total. The number of halogens is 1. The Morgan fingerprint density at radius 3 is 3.09 bits per heavy atom. The standard InChI is InChI=1S/C7H12FNO2/c8-3-1-7(10)9-6-2-4-11-5-6/h6H,1-5H2,(H,9,10). The molecule has 1 fully saturated rings. The number of hydrogen-bond donors (Lipinski definition) is 1. The first-order valence-electron chi connectivity index (χ1n) is 3.76. The SMILES string of the molecule is O=C(CCF)NC1CCOC1. The summed E-state index contributed by atoms with van der Waals surface area (Å²) >= 11 is 0. The van der Waals surface area contributed by atoms with Crippen molar-refractivity contribution in [3.05, 3.63) is 0 Å². The summed E-state index contributed by atoms with van der Waals surface area (Å²) in [6.07, 6.45) is 0.814. The summed E-state index contributed by atoms with van der Waals surface area (Å²) in [5, 5.41) is 2.68. The van der Waals surface area contributed by atoms with Gasteiger partial charge in [-0.2, -0.15) is 0 Å². The number of ether oxygens (including phenoxy) is 1. The van der Waals surface area contributed by atoms with Crippen molar-refractivity contribution in [2.75, 3.05) is 19.9 Å². The van der Waals surface area contributed by atoms with Gasteiger partial charge < -0.3 is 10.1 Å². The monoisotopic (exact) mass is 161 g/mol. The van der Waals surface area contributed by atoms with Gasteiger partial charge in [-0.05, 0) is 6.42 Å². The Balaban J connectivity index is 2.13. The Labute approximate surface area is 64.9 Å². The van der Waals surface area contributed by atoms with Crippen molar-refractivity contribution < 1.29 is 13.9 Å². The van der Waals surface area contributed by atoms with Crippen LogP contribution in [0.3, 0.4) is 0 Å². The Morgan fingerprint density at radius 2 is 2.55 bits per heavy atom. The molecule has 3 nitrogen and oxygen atoms in total. The molecule has 0 aliphatic carbocycles. The van der Waals surface area contributed by atoms with E-state index >= 15 is 0 Å². The highest BCUT2D eigenvalue weighted by atomic mass is 19.1. The molecule has 4 heteroatoms. The molecule has 11 heavy (non-hydrogen) atoms. The molecular weight excluding hydrogens is 149 g/mol. The number of alkyl halides is 1. The Bertz CT molecular complexity index is 134. The van der Waals surface area contributed by atoms with Gasteiger partial charge in [-0.15, -0.1) is 0 Å². The number of nitrogens with one attached hydrogen (secondary N) is 1. The van der Waals surface area contributed by atoms with Gasteiger partial charge in [0.25, 0.3) is 0 Å². The molecule has 1 unspecified atom stereocenters. The van der Waals surface area contributed by atoms with Crippen molar-refractivity contribution in [1.29, 1.82) is 0 Å². The van der Waals surface area contributed by atoms with Gasteiger partial charge in [-0.1, -0.05) is 0 Å². The van der Waals surface area contributed by atoms with E-state index in [9.17, 15) is 9.18 Å². The van der Waals surface area contributed by atoms with Gasteiger partial charge in [-0.3, -0.25) is 9.18 Å². The van der Waals surface area contributed by atoms with Crippen LogP contribution in [0.1, 0.15) is 12.8 Å². The van der Waals surface area contributed by atoms with Gasteiger partial charge in [0.15, 0.2) is 0 Å². The van der Waals surface area contributed by atoms with Crippen molar-refractivity contribution in [3.63, 3.8) is 0 Å². The Morgan fingerprint density at radius 1 is 1.73 bits per heavy atom. The molecule has 1 rings (SSSR count). The van der Waals surface area contributed by atoms with E-state index in [-0.39, 0.29) is 18.4 Å². The molecule has 1 amide bonds. The molecule has 1 heterocycles. The van der Waals surface area contributed by atoms with E-state index in [0.717, 1.165) is 6.42 Å². The van der Waals surface area contributed by atoms with Crippen LogP contribution in [0, 0.1) is 0 Å². The average Bonchev–Trinajstić information content (AvgIpc) is 2.40. The lowest BCUT2D eigenvalue weighted by molar-refractivity contribution is -0.122. The summed E-state index contributed by atoms with van der Waals surface area (Å²) in [7, 11) is 0. The highest BCUT2D eigenvalue weighted by Crippen LogP contribution is 2.03. The molecule has 1 atom stereocenters. The number of hydrogen-bond acceptors (Lipinski definition) is 2. The van der Waals surface area contributed by atoms with Crippen molar-refractivity contribution in [2.24, 2.45) is 0 Å². The predicted molar refractivity (Wildman–Crippen MR) is 38.0 cm³/mol. The molecule has 0 bridgehead atoms. The summed E-state index contributed by atoms with van der Waals surface area (Å²) in [5.41, 5.74) is 0. The largest absolute Gasteiger partial charge is 0.379 e. The number of carbonyl (C=O) groups excluding carboxylic acids is 1. The molecule has 0 aromatic rings. The van der Waals surface area contributed by atoms with E-state index in [4.69, 9.17) is 4.74 Å². The second-order valence-electron chi connectivity index (χ2n) is 2.57. The quantitative estimate of drug-likeness (QED) is 0.644. The number of amides is 1. The van der Waals surface area contributed by atoms with E-state index in [2.05, 4.69) is 5.32 Å². The van der Waals surface area contributed by atoms with Crippen LogP contribution in [0.4, 0.5) is 4.39 Å². The van der Waals surface area contributed by atoms with Crippen molar-refractivity contribution in [2.45, 2.75) is 18.9 Å². The third kappa shape index (κ3) is 2.84. The van der Waals surface area contributed by atoms with Gasteiger partial charge in [0.2, 0.25) is 5.91 Å². The van der Waals surface area contributed by atoms with E-state index in [1.807, 2.05) is 0 Å². The minimum Gasteiger partial charge on any atom is -0.379 e. The highest BCUT2D eigenvalue weighted by Gasteiger charge is 2.16. The molecular formula is C7H12FNO2. The molecule has 1 saturated heterocycles. The van der Waals surface area contributed by atoms with Crippen LogP contribution in [-0.2, 0) is 9.53 Å². The zero-order valence-corrected chi connectivity index (χ0v) is 6.31. The Kier molecular flexibility index (Phi) is 3.29. The maximum Gasteiger partial charge on any atom is 0.222 e. The predicted octanol–water partition coefficient (Wildman–Crippen LogP) is 0.251.